The second-order valence-corrected chi connectivity index (χ2v) is 16.2. The number of carbonyl (C=O) groups excluding carboxylic acids is 5. The Morgan fingerprint density at radius 1 is 0.933 bits per heavy atom. The summed E-state index contributed by atoms with van der Waals surface area (Å²) in [6, 6.07) is -1.26. The molecule has 3 saturated carbocycles. The second kappa shape index (κ2) is 12.5. The van der Waals surface area contributed by atoms with Crippen molar-refractivity contribution in [2.75, 3.05) is 6.61 Å². The van der Waals surface area contributed by atoms with Gasteiger partial charge in [0.2, 0.25) is 5.78 Å². The minimum atomic E-state index is -1.65. The van der Waals surface area contributed by atoms with Gasteiger partial charge >= 0.3 is 18.0 Å². The van der Waals surface area contributed by atoms with Gasteiger partial charge in [-0.05, 0) is 122 Å². The van der Waals surface area contributed by atoms with Crippen molar-refractivity contribution in [3.05, 3.63) is 11.6 Å². The van der Waals surface area contributed by atoms with Crippen molar-refractivity contribution < 1.29 is 43.3 Å². The number of rotatable bonds is 8. The van der Waals surface area contributed by atoms with Crippen LogP contribution in [0.4, 0.5) is 4.79 Å². The largest absolute Gasteiger partial charge is 0.460 e. The Kier molecular flexibility index (Phi) is 9.72. The fourth-order valence-electron chi connectivity index (χ4n) is 8.74. The van der Waals surface area contributed by atoms with Gasteiger partial charge in [-0.2, -0.15) is 0 Å². The predicted octanol–water partition coefficient (Wildman–Crippen LogP) is 5.38. The van der Waals surface area contributed by atoms with Crippen LogP contribution < -0.4 is 5.32 Å². The summed E-state index contributed by atoms with van der Waals surface area (Å²) in [6.45, 7) is 13.9. The van der Waals surface area contributed by atoms with Crippen molar-refractivity contribution >= 4 is 29.6 Å². The number of alkyl carbamates (subject to hydrolysis) is 1. The van der Waals surface area contributed by atoms with E-state index < -0.39 is 58.7 Å². The van der Waals surface area contributed by atoms with Crippen LogP contribution in [-0.4, -0.2) is 64.2 Å². The summed E-state index contributed by atoms with van der Waals surface area (Å²) in [5.74, 6) is -0.874. The van der Waals surface area contributed by atoms with E-state index in [0.717, 1.165) is 25.7 Å². The summed E-state index contributed by atoms with van der Waals surface area (Å²) in [7, 11) is 0. The van der Waals surface area contributed by atoms with E-state index in [2.05, 4.69) is 12.2 Å². The number of nitrogens with one attached hydrogen (secondary N) is 1. The number of ketones is 2. The summed E-state index contributed by atoms with van der Waals surface area (Å²) >= 11 is 0. The van der Waals surface area contributed by atoms with Crippen molar-refractivity contribution in [3.8, 4) is 0 Å². The summed E-state index contributed by atoms with van der Waals surface area (Å²) < 4.78 is 16.0. The molecule has 0 aromatic carbocycles. The summed E-state index contributed by atoms with van der Waals surface area (Å²) in [6.07, 6.45) is 6.50. The highest BCUT2D eigenvalue weighted by molar-refractivity contribution is 5.92. The van der Waals surface area contributed by atoms with Crippen molar-refractivity contribution in [3.63, 3.8) is 0 Å². The van der Waals surface area contributed by atoms with Gasteiger partial charge in [0, 0.05) is 18.3 Å². The number of fused-ring (bicyclic) bond motifs is 5. The fourth-order valence-corrected chi connectivity index (χ4v) is 8.74. The summed E-state index contributed by atoms with van der Waals surface area (Å²) in [5.41, 5.74) is -2.60. The zero-order chi connectivity index (χ0) is 33.6. The molecule has 10 nitrogen and oxygen atoms in total. The smallest absolute Gasteiger partial charge is 0.408 e. The van der Waals surface area contributed by atoms with Gasteiger partial charge < -0.3 is 24.6 Å². The monoisotopic (exact) mass is 631 g/mol. The molecule has 0 bridgehead atoms. The zero-order valence-corrected chi connectivity index (χ0v) is 28.4. The number of carbonyl (C=O) groups is 5. The summed E-state index contributed by atoms with van der Waals surface area (Å²) in [4.78, 5) is 63.9. The number of ether oxygens (including phenoxy) is 3. The highest BCUT2D eigenvalue weighted by Gasteiger charge is 2.66. The van der Waals surface area contributed by atoms with E-state index in [0.29, 0.717) is 37.5 Å². The molecule has 0 unspecified atom stereocenters. The molecular formula is C35H53NO9. The first kappa shape index (κ1) is 35.1. The molecule has 0 heterocycles. The average molecular weight is 632 g/mol. The first-order valence-corrected chi connectivity index (χ1v) is 16.6. The topological polar surface area (TPSA) is 145 Å². The van der Waals surface area contributed by atoms with E-state index in [1.807, 2.05) is 13.0 Å². The lowest BCUT2D eigenvalue weighted by Gasteiger charge is -2.58. The Bertz CT molecular complexity index is 1240. The Morgan fingerprint density at radius 2 is 1.58 bits per heavy atom. The Morgan fingerprint density at radius 3 is 2.22 bits per heavy atom. The molecule has 2 N–H and O–H groups in total. The molecule has 7 atom stereocenters. The van der Waals surface area contributed by atoms with Gasteiger partial charge in [-0.3, -0.25) is 14.4 Å². The van der Waals surface area contributed by atoms with Crippen molar-refractivity contribution in [2.45, 2.75) is 142 Å². The maximum atomic E-state index is 13.7. The van der Waals surface area contributed by atoms with E-state index in [-0.39, 0.29) is 30.0 Å². The lowest BCUT2D eigenvalue weighted by molar-refractivity contribution is -0.170. The first-order valence-electron chi connectivity index (χ1n) is 16.6. The van der Waals surface area contributed by atoms with Crippen LogP contribution in [0.15, 0.2) is 11.6 Å². The molecule has 4 aliphatic rings. The molecular weight excluding hydrogens is 578 g/mol. The normalized spacial score (nSPS) is 33.5. The van der Waals surface area contributed by atoms with Gasteiger partial charge in [-0.25, -0.2) is 9.59 Å². The molecule has 0 aromatic heterocycles. The van der Waals surface area contributed by atoms with Crippen LogP contribution >= 0.6 is 0 Å². The minimum absolute atomic E-state index is 0.0200. The number of hydrogen-bond acceptors (Lipinski definition) is 9. The number of allylic oxidation sites excluding steroid dienone is 1. The fraction of sp³-hybridized carbons (Fsp3) is 0.800. The third-order valence-electron chi connectivity index (χ3n) is 11.0. The molecule has 0 spiro atoms. The highest BCUT2D eigenvalue weighted by Crippen LogP contribution is 2.67. The third-order valence-corrected chi connectivity index (χ3v) is 11.0. The maximum Gasteiger partial charge on any atom is 0.408 e. The quantitative estimate of drug-likeness (QED) is 0.266. The zero-order valence-electron chi connectivity index (χ0n) is 28.4. The molecule has 10 heteroatoms. The molecule has 252 valence electrons. The van der Waals surface area contributed by atoms with E-state index in [4.69, 9.17) is 14.2 Å². The standard InChI is InChI=1S/C35H53NO9/c1-31(2,3)44-28(39)12-11-26(36-30(41)45-32(4,5)6)29(40)43-20-27(38)35(42)18-15-25-23-10-9-21-19-22(37)13-16-33(21,7)24(23)14-17-34(25,35)8/h19,23-26,42H,9-18,20H2,1-8H3,(H,36,41)/t23-,24-,25-,26+,33+,34+,35+/m1/s1. The SMILES string of the molecule is CC(C)(C)OC(=O)CC[C@H](NC(=O)OC(C)(C)C)C(=O)OCC(=O)[C@@]1(O)CC[C@@H]2[C@@H]3CCC4=CC(=O)CC[C@]4(C)[C@@H]3CC[C@@]21C. The molecule has 0 radical (unpaired) electrons. The number of esters is 2. The molecule has 0 aliphatic heterocycles. The van der Waals surface area contributed by atoms with Crippen LogP contribution in [0.2, 0.25) is 0 Å². The van der Waals surface area contributed by atoms with E-state index in [1.165, 1.54) is 5.57 Å². The van der Waals surface area contributed by atoms with E-state index in [9.17, 15) is 29.1 Å². The third kappa shape index (κ3) is 7.31. The number of hydrogen-bond donors (Lipinski definition) is 2. The highest BCUT2D eigenvalue weighted by atomic mass is 16.6. The molecule has 3 fully saturated rings. The molecule has 4 aliphatic carbocycles. The van der Waals surface area contributed by atoms with Crippen LogP contribution in [0, 0.1) is 28.6 Å². The van der Waals surface area contributed by atoms with Crippen molar-refractivity contribution in [2.24, 2.45) is 28.6 Å². The van der Waals surface area contributed by atoms with Crippen molar-refractivity contribution in [1.82, 2.24) is 5.32 Å². The Hall–Kier alpha value is -2.75. The Balaban J connectivity index is 1.43. The summed E-state index contributed by atoms with van der Waals surface area (Å²) in [5, 5.41) is 14.5. The van der Waals surface area contributed by atoms with Gasteiger partial charge in [0.25, 0.3) is 0 Å². The van der Waals surface area contributed by atoms with Crippen molar-refractivity contribution in [1.29, 1.82) is 0 Å². The molecule has 1 amide bonds. The number of amides is 1. The Labute approximate surface area is 267 Å². The average Bonchev–Trinajstić information content (AvgIpc) is 3.19. The van der Waals surface area contributed by atoms with E-state index in [1.54, 1.807) is 41.5 Å². The maximum absolute atomic E-state index is 13.7. The van der Waals surface area contributed by atoms with Gasteiger partial charge in [0.1, 0.15) is 22.8 Å². The van der Waals surface area contributed by atoms with Gasteiger partial charge in [0.15, 0.2) is 12.4 Å². The minimum Gasteiger partial charge on any atom is -0.460 e. The number of Topliss-reactive ketones (excluding diaryl/α,β-unsaturated/α-hetero) is 1. The number of aliphatic hydroxyl groups is 1. The van der Waals surface area contributed by atoms with Crippen LogP contribution in [0.5, 0.6) is 0 Å². The van der Waals surface area contributed by atoms with Crippen LogP contribution in [-0.2, 0) is 33.4 Å². The molecule has 0 saturated heterocycles. The van der Waals surface area contributed by atoms with Gasteiger partial charge in [0.05, 0.1) is 0 Å². The van der Waals surface area contributed by atoms with Gasteiger partial charge in [-0.1, -0.05) is 19.4 Å². The molecule has 45 heavy (non-hydrogen) atoms. The van der Waals surface area contributed by atoms with Crippen LogP contribution in [0.1, 0.15) is 120 Å². The predicted molar refractivity (Wildman–Crippen MR) is 166 cm³/mol. The first-order chi connectivity index (χ1) is 20.7. The second-order valence-electron chi connectivity index (χ2n) is 16.2. The lowest BCUT2D eigenvalue weighted by Crippen LogP contribution is -2.58. The van der Waals surface area contributed by atoms with Gasteiger partial charge in [-0.15, -0.1) is 0 Å². The molecule has 0 aromatic rings. The lowest BCUT2D eigenvalue weighted by atomic mass is 9.46. The van der Waals surface area contributed by atoms with E-state index >= 15 is 0 Å². The molecule has 4 rings (SSSR count). The van der Waals surface area contributed by atoms with Crippen LogP contribution in [0.3, 0.4) is 0 Å². The van der Waals surface area contributed by atoms with Crippen LogP contribution in [0.25, 0.3) is 0 Å².